The predicted molar refractivity (Wildman–Crippen MR) is 210 cm³/mol. The molecule has 0 aromatic heterocycles. The zero-order chi connectivity index (χ0) is 77.7. The first kappa shape index (κ1) is 89.8. The van der Waals surface area contributed by atoms with Gasteiger partial charge in [-0.05, 0) is 23.7 Å². The van der Waals surface area contributed by atoms with Gasteiger partial charge in [0.2, 0.25) is 0 Å². The molecule has 0 fully saturated rings. The van der Waals surface area contributed by atoms with Crippen LogP contribution in [0.3, 0.4) is 0 Å². The van der Waals surface area contributed by atoms with Gasteiger partial charge < -0.3 is 14.2 Å². The Kier molecular flexibility index (Phi) is 24.0. The number of halogens is 51. The van der Waals surface area contributed by atoms with E-state index < -0.39 is 231 Å². The fourth-order valence-corrected chi connectivity index (χ4v) is 12.3. The van der Waals surface area contributed by atoms with Gasteiger partial charge in [-0.2, -0.15) is 224 Å². The molecule has 0 aliphatic heterocycles. The summed E-state index contributed by atoms with van der Waals surface area (Å²) in [5.41, 5.74) is -0.912. The maximum Gasteiger partial charge on any atom is 0.460 e. The molecule has 1 aromatic carbocycles. The minimum absolute atomic E-state index is 0.118. The van der Waals surface area contributed by atoms with Crippen molar-refractivity contribution in [2.24, 2.45) is 0 Å². The molecule has 0 aliphatic rings. The average molecular weight is 1560 g/mol. The third-order valence-corrected chi connectivity index (χ3v) is 18.7. The van der Waals surface area contributed by atoms with Gasteiger partial charge in [0.25, 0.3) is 0 Å². The van der Waals surface area contributed by atoms with Crippen LogP contribution in [0, 0.1) is 0 Å². The van der Waals surface area contributed by atoms with Gasteiger partial charge in [0, 0.05) is 26.4 Å². The Morgan fingerprint density at radius 3 is 0.646 bits per heavy atom. The van der Waals surface area contributed by atoms with E-state index in [1.807, 2.05) is 0 Å². The maximum atomic E-state index is 15.6. The second-order valence-corrected chi connectivity index (χ2v) is 24.4. The van der Waals surface area contributed by atoms with Crippen LogP contribution >= 0.6 is 0 Å². The van der Waals surface area contributed by atoms with E-state index in [4.69, 9.17) is 4.74 Å². The first-order chi connectivity index (χ1) is 41.4. The lowest BCUT2D eigenvalue weighted by molar-refractivity contribution is -0.461. The molecule has 0 atom stereocenters. The second-order valence-electron chi connectivity index (χ2n) is 19.8. The van der Waals surface area contributed by atoms with E-state index in [0.29, 0.717) is 0 Å². The van der Waals surface area contributed by atoms with E-state index in [-0.39, 0.29) is 18.7 Å². The number of hydrogen-bond acceptors (Lipinski definition) is 3. The lowest BCUT2D eigenvalue weighted by Gasteiger charge is -2.44. The summed E-state index contributed by atoms with van der Waals surface area (Å²) in [6.45, 7) is -3.21. The fourth-order valence-electron chi connectivity index (χ4n) is 7.43. The average Bonchev–Trinajstić information content (AvgIpc) is 0.708. The minimum Gasteiger partial charge on any atom is -0.382 e. The molecule has 0 saturated carbocycles. The highest BCUT2D eigenvalue weighted by atomic mass is 28.3. The standard InChI is InChI=1S/C41H27F51O3Si/c1-93-9-10-94-15-95-14-16-2-4-17(5-3-16)96(11-6-18(42,43)21(48,49)24(54,55)27(60,61)30(66,67)33(72,73)36(78,79)39(84,85)86,12-7-19(44,45)22(50,51)25(56,57)28(62,63)31(68,69)34(74,75)37(80,81)40(87,88)89)13-8-20(46,47)23(52,53)26(58,59)29(64,65)32(70,71)35(76,77)38(82,83)41(90,91)92/h2-5H,6-15H2,1H3. The van der Waals surface area contributed by atoms with E-state index in [1.54, 1.807) is 0 Å². The molecule has 0 aliphatic carbocycles. The second kappa shape index (κ2) is 25.7. The van der Waals surface area contributed by atoms with Crippen LogP contribution in [-0.4, -0.2) is 178 Å². The number of hydrogen-bond donors (Lipinski definition) is 0. The van der Waals surface area contributed by atoms with Gasteiger partial charge in [0.05, 0.1) is 27.9 Å². The van der Waals surface area contributed by atoms with Gasteiger partial charge >= 0.3 is 143 Å². The molecule has 3 nitrogen and oxygen atoms in total. The zero-order valence-corrected chi connectivity index (χ0v) is 45.4. The molecule has 0 unspecified atom stereocenters. The lowest BCUT2D eigenvalue weighted by Crippen LogP contribution is -2.74. The third kappa shape index (κ3) is 13.4. The highest BCUT2D eigenvalue weighted by Crippen LogP contribution is 2.69. The Labute approximate surface area is 495 Å². The number of rotatable bonds is 35. The van der Waals surface area contributed by atoms with Crippen molar-refractivity contribution in [3.63, 3.8) is 0 Å². The van der Waals surface area contributed by atoms with E-state index in [1.165, 1.54) is 0 Å². The van der Waals surface area contributed by atoms with Gasteiger partial charge in [-0.25, -0.2) is 0 Å². The summed E-state index contributed by atoms with van der Waals surface area (Å²) in [5.74, 6) is -194. The number of benzene rings is 1. The Hall–Kier alpha value is -4.25. The normalized spacial score (nSPS) is 16.5. The number of alkyl halides is 51. The monoisotopic (exact) mass is 1560 g/mol. The molecular weight excluding hydrogens is 1540 g/mol. The molecule has 0 spiro atoms. The van der Waals surface area contributed by atoms with Crippen molar-refractivity contribution < 1.29 is 238 Å². The molecule has 1 aromatic rings. The van der Waals surface area contributed by atoms with Crippen molar-refractivity contribution in [1.29, 1.82) is 0 Å². The molecule has 55 heteroatoms. The van der Waals surface area contributed by atoms with E-state index in [2.05, 4.69) is 9.47 Å². The first-order valence-electron chi connectivity index (χ1n) is 23.3. The molecule has 570 valence electrons. The van der Waals surface area contributed by atoms with Crippen LogP contribution in [0.5, 0.6) is 0 Å². The van der Waals surface area contributed by atoms with Crippen molar-refractivity contribution >= 4 is 13.3 Å². The molecule has 0 radical (unpaired) electrons. The van der Waals surface area contributed by atoms with Gasteiger partial charge in [0.15, 0.2) is 0 Å². The predicted octanol–water partition coefficient (Wildman–Crippen LogP) is 19.7. The summed E-state index contributed by atoms with van der Waals surface area (Å²) in [5, 5.41) is -2.34. The lowest BCUT2D eigenvalue weighted by atomic mass is 9.88. The molecular formula is C41H27F51O3Si. The summed E-state index contributed by atoms with van der Waals surface area (Å²) in [4.78, 5) is 0. The van der Waals surface area contributed by atoms with E-state index >= 15 is 52.7 Å². The van der Waals surface area contributed by atoms with Gasteiger partial charge in [-0.15, -0.1) is 0 Å². The Morgan fingerprint density at radius 1 is 0.250 bits per heavy atom. The number of methoxy groups -OCH3 is 1. The summed E-state index contributed by atoms with van der Waals surface area (Å²) >= 11 is 0. The number of ether oxygens (including phenoxy) is 3. The van der Waals surface area contributed by atoms with Crippen LogP contribution in [0.25, 0.3) is 0 Å². The molecule has 1 rings (SSSR count). The Morgan fingerprint density at radius 2 is 0.448 bits per heavy atom. The Bertz CT molecular complexity index is 2510. The molecule has 0 heterocycles. The topological polar surface area (TPSA) is 27.7 Å². The molecule has 0 bridgehead atoms. The highest BCUT2D eigenvalue weighted by Gasteiger charge is 2.99. The Balaban J connectivity index is 4.85. The van der Waals surface area contributed by atoms with Crippen LogP contribution in [0.4, 0.5) is 224 Å². The smallest absolute Gasteiger partial charge is 0.382 e. The fraction of sp³-hybridized carbons (Fsp3) is 0.854. The van der Waals surface area contributed by atoms with E-state index in [9.17, 15) is 171 Å². The van der Waals surface area contributed by atoms with Crippen LogP contribution in [0.15, 0.2) is 24.3 Å². The molecule has 0 N–H and O–H groups in total. The van der Waals surface area contributed by atoms with Crippen LogP contribution in [0.2, 0.25) is 18.1 Å². The highest BCUT2D eigenvalue weighted by molar-refractivity contribution is 6.92. The third-order valence-electron chi connectivity index (χ3n) is 13.5. The van der Waals surface area contributed by atoms with Crippen molar-refractivity contribution in [2.45, 2.75) is 187 Å². The van der Waals surface area contributed by atoms with E-state index in [0.717, 1.165) is 7.11 Å². The quantitative estimate of drug-likeness (QED) is 0.0293. The molecule has 0 saturated heterocycles. The summed E-state index contributed by atoms with van der Waals surface area (Å²) in [7, 11) is -6.78. The zero-order valence-electron chi connectivity index (χ0n) is 44.4. The van der Waals surface area contributed by atoms with Crippen molar-refractivity contribution in [1.82, 2.24) is 0 Å². The minimum atomic E-state index is -9.71. The SMILES string of the molecule is COCCOCOCc1ccc([Si](CCC(F)(F)C(F)(F)C(F)(F)C(F)(F)C(F)(F)C(F)(F)C(F)(F)C(F)(F)F)(CCC(F)(F)C(F)(F)C(F)(F)C(F)(F)C(F)(F)C(F)(F)C(F)(F)C(F)(F)F)CCC(F)(F)C(F)(F)C(F)(F)C(F)(F)C(F)(F)C(F)(F)C(F)(F)C(F)(F)F)cc1. The van der Waals surface area contributed by atoms with Crippen molar-refractivity contribution in [3.8, 4) is 0 Å². The first-order valence-corrected chi connectivity index (χ1v) is 25.9. The van der Waals surface area contributed by atoms with Crippen molar-refractivity contribution in [3.05, 3.63) is 29.8 Å². The molecule has 96 heavy (non-hydrogen) atoms. The van der Waals surface area contributed by atoms with Crippen LogP contribution in [0.1, 0.15) is 24.8 Å². The molecule has 0 amide bonds. The van der Waals surface area contributed by atoms with Crippen molar-refractivity contribution in [2.75, 3.05) is 27.1 Å². The largest absolute Gasteiger partial charge is 0.460 e. The summed E-state index contributed by atoms with van der Waals surface area (Å²) in [6, 6.07) is -12.8. The van der Waals surface area contributed by atoms with Gasteiger partial charge in [-0.3, -0.25) is 0 Å². The van der Waals surface area contributed by atoms with Crippen LogP contribution < -0.4 is 5.19 Å². The van der Waals surface area contributed by atoms with Gasteiger partial charge in [0.1, 0.15) is 6.79 Å². The van der Waals surface area contributed by atoms with Crippen LogP contribution in [-0.2, 0) is 20.8 Å². The summed E-state index contributed by atoms with van der Waals surface area (Å²) in [6.07, 6.45) is -39.2. The summed E-state index contributed by atoms with van der Waals surface area (Å²) < 4.78 is 737. The van der Waals surface area contributed by atoms with Gasteiger partial charge in [-0.1, -0.05) is 29.5 Å². The maximum absolute atomic E-state index is 15.6.